The number of aromatic nitrogens is 3. The van der Waals surface area contributed by atoms with Crippen LogP contribution in [0.4, 0.5) is 0 Å². The molecule has 0 bridgehead atoms. The van der Waals surface area contributed by atoms with Gasteiger partial charge in [0, 0.05) is 29.4 Å². The fourth-order valence-corrected chi connectivity index (χ4v) is 4.93. The quantitative estimate of drug-likeness (QED) is 0.615. The largest absolute Gasteiger partial charge is 0.392 e. The maximum absolute atomic E-state index is 12.6. The molecule has 1 atom stereocenters. The lowest BCUT2D eigenvalue weighted by Crippen LogP contribution is -2.35. The van der Waals surface area contributed by atoms with Crippen LogP contribution in [0.1, 0.15) is 22.5 Å². The molecule has 1 aliphatic heterocycles. The molecule has 0 radical (unpaired) electrons. The van der Waals surface area contributed by atoms with Crippen LogP contribution in [0.5, 0.6) is 0 Å². The Labute approximate surface area is 155 Å². The number of pyridine rings is 1. The Hall–Kier alpha value is -2.78. The fourth-order valence-electron chi connectivity index (χ4n) is 3.26. The van der Waals surface area contributed by atoms with Crippen molar-refractivity contribution in [3.8, 4) is 11.1 Å². The average molecular weight is 386 g/mol. The van der Waals surface area contributed by atoms with Gasteiger partial charge in [0.15, 0.2) is 15.5 Å². The predicted molar refractivity (Wildman–Crippen MR) is 99.8 cm³/mol. The monoisotopic (exact) mass is 386 g/mol. The molecule has 2 aromatic heterocycles. The van der Waals surface area contributed by atoms with E-state index in [-0.39, 0.29) is 29.8 Å². The second kappa shape index (κ2) is 6.75. The van der Waals surface area contributed by atoms with Gasteiger partial charge in [-0.15, -0.1) is 0 Å². The van der Waals surface area contributed by atoms with Crippen molar-refractivity contribution in [1.82, 2.24) is 20.5 Å². The average Bonchev–Trinajstić information content (AvgIpc) is 3.23. The van der Waals surface area contributed by atoms with E-state index in [0.29, 0.717) is 22.9 Å². The third-order valence-corrected chi connectivity index (χ3v) is 6.42. The standard InChI is InChI=1S/C18H18N4O4S/c23-9-11-5-13(8-19-7-11)12-1-2-16-15(6-12)17(22-21-16)18(24)20-14-3-4-27(25,26)10-14/h1-2,5-8,14,23H,3-4,9-10H2,(H,20,24)(H,21,22). The molecule has 1 aromatic carbocycles. The molecule has 1 amide bonds. The first-order chi connectivity index (χ1) is 12.9. The van der Waals surface area contributed by atoms with Crippen molar-refractivity contribution in [2.24, 2.45) is 0 Å². The Morgan fingerprint density at radius 1 is 1.26 bits per heavy atom. The molecule has 8 nitrogen and oxygen atoms in total. The van der Waals surface area contributed by atoms with Crippen LogP contribution in [0.2, 0.25) is 0 Å². The third kappa shape index (κ3) is 3.56. The number of H-pyrrole nitrogens is 1. The smallest absolute Gasteiger partial charge is 0.272 e. The number of aliphatic hydroxyl groups is 1. The van der Waals surface area contributed by atoms with E-state index in [1.165, 1.54) is 0 Å². The van der Waals surface area contributed by atoms with Crippen molar-refractivity contribution < 1.29 is 18.3 Å². The van der Waals surface area contributed by atoms with Crippen molar-refractivity contribution >= 4 is 26.6 Å². The molecular weight excluding hydrogens is 368 g/mol. The lowest BCUT2D eigenvalue weighted by molar-refractivity contribution is 0.0937. The van der Waals surface area contributed by atoms with Crippen molar-refractivity contribution in [3.63, 3.8) is 0 Å². The minimum absolute atomic E-state index is 0.0357. The third-order valence-electron chi connectivity index (χ3n) is 4.66. The molecule has 3 heterocycles. The van der Waals surface area contributed by atoms with E-state index in [1.54, 1.807) is 12.4 Å². The van der Waals surface area contributed by atoms with Crippen LogP contribution in [0.15, 0.2) is 36.7 Å². The highest BCUT2D eigenvalue weighted by atomic mass is 32.2. The van der Waals surface area contributed by atoms with E-state index < -0.39 is 15.7 Å². The number of carbonyl (C=O) groups is 1. The number of nitrogens with one attached hydrogen (secondary N) is 2. The zero-order valence-corrected chi connectivity index (χ0v) is 15.2. The second-order valence-corrected chi connectivity index (χ2v) is 8.87. The van der Waals surface area contributed by atoms with Crippen molar-refractivity contribution in [2.45, 2.75) is 19.1 Å². The molecule has 0 aliphatic carbocycles. The summed E-state index contributed by atoms with van der Waals surface area (Å²) >= 11 is 0. The number of aliphatic hydroxyl groups excluding tert-OH is 1. The van der Waals surface area contributed by atoms with Gasteiger partial charge in [-0.2, -0.15) is 5.10 Å². The molecule has 1 aliphatic rings. The van der Waals surface area contributed by atoms with Gasteiger partial charge in [-0.3, -0.25) is 14.9 Å². The molecule has 0 saturated carbocycles. The van der Waals surface area contributed by atoms with E-state index in [2.05, 4.69) is 20.5 Å². The van der Waals surface area contributed by atoms with Gasteiger partial charge in [0.25, 0.3) is 5.91 Å². The maximum atomic E-state index is 12.6. The van der Waals surface area contributed by atoms with Crippen LogP contribution in [0.25, 0.3) is 22.0 Å². The highest BCUT2D eigenvalue weighted by Crippen LogP contribution is 2.26. The molecule has 140 valence electrons. The van der Waals surface area contributed by atoms with Gasteiger partial charge < -0.3 is 10.4 Å². The normalized spacial score (nSPS) is 18.6. The Balaban J connectivity index is 1.65. The van der Waals surface area contributed by atoms with Gasteiger partial charge in [-0.05, 0) is 35.7 Å². The van der Waals surface area contributed by atoms with Gasteiger partial charge in [0.2, 0.25) is 0 Å². The molecule has 3 aromatic rings. The zero-order valence-electron chi connectivity index (χ0n) is 14.3. The zero-order chi connectivity index (χ0) is 19.0. The van der Waals surface area contributed by atoms with Crippen LogP contribution in [0.3, 0.4) is 0 Å². The molecule has 4 rings (SSSR count). The van der Waals surface area contributed by atoms with Crippen LogP contribution < -0.4 is 5.32 Å². The summed E-state index contributed by atoms with van der Waals surface area (Å²) in [6.07, 6.45) is 3.69. The van der Waals surface area contributed by atoms with Crippen LogP contribution in [-0.4, -0.2) is 52.2 Å². The SMILES string of the molecule is O=C(NC1CCS(=O)(=O)C1)c1n[nH]c2ccc(-c3cncc(CO)c3)cc12. The molecule has 1 fully saturated rings. The summed E-state index contributed by atoms with van der Waals surface area (Å²) in [5.74, 6) is -0.341. The highest BCUT2D eigenvalue weighted by Gasteiger charge is 2.30. The van der Waals surface area contributed by atoms with E-state index >= 15 is 0 Å². The van der Waals surface area contributed by atoms with Gasteiger partial charge in [0.05, 0.1) is 23.6 Å². The minimum atomic E-state index is -3.07. The van der Waals surface area contributed by atoms with E-state index in [1.807, 2.05) is 24.3 Å². The first-order valence-corrected chi connectivity index (χ1v) is 10.3. The summed E-state index contributed by atoms with van der Waals surface area (Å²) in [5.41, 5.74) is 3.28. The molecular formula is C18H18N4O4S. The molecule has 9 heteroatoms. The van der Waals surface area contributed by atoms with Gasteiger partial charge in [-0.1, -0.05) is 6.07 Å². The van der Waals surface area contributed by atoms with Crippen molar-refractivity contribution in [2.75, 3.05) is 11.5 Å². The van der Waals surface area contributed by atoms with E-state index in [9.17, 15) is 18.3 Å². The number of amides is 1. The number of fused-ring (bicyclic) bond motifs is 1. The summed E-state index contributed by atoms with van der Waals surface area (Å²) < 4.78 is 23.2. The van der Waals surface area contributed by atoms with E-state index in [4.69, 9.17) is 0 Å². The Kier molecular flexibility index (Phi) is 4.40. The molecule has 3 N–H and O–H groups in total. The number of hydrogen-bond donors (Lipinski definition) is 3. The number of nitrogens with zero attached hydrogens (tertiary/aromatic N) is 2. The summed E-state index contributed by atoms with van der Waals surface area (Å²) in [6.45, 7) is -0.104. The van der Waals surface area contributed by atoms with Gasteiger partial charge >= 0.3 is 0 Å². The minimum Gasteiger partial charge on any atom is -0.392 e. The number of rotatable bonds is 4. The van der Waals surface area contributed by atoms with Gasteiger partial charge in [-0.25, -0.2) is 8.42 Å². The lowest BCUT2D eigenvalue weighted by atomic mass is 10.0. The Morgan fingerprint density at radius 2 is 2.11 bits per heavy atom. The van der Waals surface area contributed by atoms with Crippen molar-refractivity contribution in [1.29, 1.82) is 0 Å². The summed E-state index contributed by atoms with van der Waals surface area (Å²) in [5, 5.41) is 19.6. The van der Waals surface area contributed by atoms with Crippen molar-refractivity contribution in [3.05, 3.63) is 47.9 Å². The number of hydrogen-bond acceptors (Lipinski definition) is 6. The maximum Gasteiger partial charge on any atom is 0.272 e. The fraction of sp³-hybridized carbons (Fsp3) is 0.278. The molecule has 0 spiro atoms. The number of aromatic amines is 1. The first-order valence-electron chi connectivity index (χ1n) is 8.50. The topological polar surface area (TPSA) is 125 Å². The number of carbonyl (C=O) groups excluding carboxylic acids is 1. The summed E-state index contributed by atoms with van der Waals surface area (Å²) in [6, 6.07) is 6.97. The highest BCUT2D eigenvalue weighted by molar-refractivity contribution is 7.91. The molecule has 1 saturated heterocycles. The first kappa shape index (κ1) is 17.6. The van der Waals surface area contributed by atoms with Crippen LogP contribution in [0, 0.1) is 0 Å². The molecule has 1 unspecified atom stereocenters. The van der Waals surface area contributed by atoms with E-state index in [0.717, 1.165) is 11.1 Å². The van der Waals surface area contributed by atoms with Crippen LogP contribution in [-0.2, 0) is 16.4 Å². The number of benzene rings is 1. The number of sulfone groups is 1. The summed E-state index contributed by atoms with van der Waals surface area (Å²) in [7, 11) is -3.07. The predicted octanol–water partition coefficient (Wildman–Crippen LogP) is 1.03. The Bertz CT molecular complexity index is 1120. The molecule has 27 heavy (non-hydrogen) atoms. The van der Waals surface area contributed by atoms with Crippen LogP contribution >= 0.6 is 0 Å². The summed E-state index contributed by atoms with van der Waals surface area (Å²) in [4.78, 5) is 16.7. The second-order valence-electron chi connectivity index (χ2n) is 6.65. The lowest BCUT2D eigenvalue weighted by Gasteiger charge is -2.09. The van der Waals surface area contributed by atoms with Gasteiger partial charge in [0.1, 0.15) is 0 Å². The Morgan fingerprint density at radius 3 is 2.85 bits per heavy atom.